The van der Waals surface area contributed by atoms with Crippen LogP contribution in [0.4, 0.5) is 0 Å². The second-order valence-electron chi connectivity index (χ2n) is 5.36. The van der Waals surface area contributed by atoms with Gasteiger partial charge >= 0.3 is 5.97 Å². The van der Waals surface area contributed by atoms with Crippen molar-refractivity contribution in [1.29, 1.82) is 0 Å². The molecule has 0 spiro atoms. The Morgan fingerprint density at radius 2 is 1.65 bits per heavy atom. The fraction of sp³-hybridized carbons (Fsp3) is 0.312. The number of aliphatic hydroxyl groups excluding tert-OH is 3. The average Bonchev–Trinajstić information content (AvgIpc) is 2.55. The number of hydrogen-bond donors (Lipinski definition) is 4. The molecule has 0 aliphatic carbocycles. The predicted octanol–water partition coefficient (Wildman–Crippen LogP) is 0.111. The van der Waals surface area contributed by atoms with Crippen molar-refractivity contribution in [2.45, 2.75) is 30.7 Å². The number of hydrogen-bond acceptors (Lipinski definition) is 6. The minimum Gasteiger partial charge on any atom is -0.479 e. The molecule has 0 saturated carbocycles. The van der Waals surface area contributed by atoms with E-state index in [2.05, 4.69) is 0 Å². The number of aliphatic carboxylic acids is 1. The van der Waals surface area contributed by atoms with Crippen LogP contribution in [0.25, 0.3) is 10.8 Å². The summed E-state index contributed by atoms with van der Waals surface area (Å²) in [5.74, 6) is -1.10. The van der Waals surface area contributed by atoms with Crippen LogP contribution in [0.2, 0.25) is 0 Å². The van der Waals surface area contributed by atoms with Crippen molar-refractivity contribution in [3.05, 3.63) is 42.5 Å². The van der Waals surface area contributed by atoms with Crippen LogP contribution in [-0.4, -0.2) is 57.1 Å². The van der Waals surface area contributed by atoms with E-state index < -0.39 is 36.7 Å². The molecular formula is C16H16O7. The number of benzene rings is 2. The van der Waals surface area contributed by atoms with Gasteiger partial charge in [0.15, 0.2) is 6.10 Å². The lowest BCUT2D eigenvalue weighted by Crippen LogP contribution is -2.61. The van der Waals surface area contributed by atoms with Crippen molar-refractivity contribution in [1.82, 2.24) is 0 Å². The lowest BCUT2D eigenvalue weighted by atomic mass is 9.99. The molecule has 2 aromatic carbocycles. The van der Waals surface area contributed by atoms with Gasteiger partial charge in [-0.05, 0) is 22.9 Å². The maximum absolute atomic E-state index is 11.1. The zero-order valence-corrected chi connectivity index (χ0v) is 11.9. The first-order valence-electron chi connectivity index (χ1n) is 7.05. The number of ether oxygens (including phenoxy) is 2. The number of carboxylic acid groups (broad SMARTS) is 1. The highest BCUT2D eigenvalue weighted by Gasteiger charge is 2.48. The van der Waals surface area contributed by atoms with Crippen LogP contribution in [0.15, 0.2) is 42.5 Å². The van der Waals surface area contributed by atoms with E-state index in [1.807, 2.05) is 24.3 Å². The van der Waals surface area contributed by atoms with Gasteiger partial charge in [-0.15, -0.1) is 0 Å². The van der Waals surface area contributed by atoms with Crippen molar-refractivity contribution in [2.75, 3.05) is 0 Å². The molecule has 1 aliphatic heterocycles. The number of carboxylic acids is 1. The third-order valence-electron chi connectivity index (χ3n) is 3.79. The van der Waals surface area contributed by atoms with Crippen molar-refractivity contribution in [2.24, 2.45) is 0 Å². The molecule has 5 atom stereocenters. The molecule has 3 rings (SSSR count). The summed E-state index contributed by atoms with van der Waals surface area (Å²) < 4.78 is 10.5. The number of carbonyl (C=O) groups is 1. The topological polar surface area (TPSA) is 116 Å². The Morgan fingerprint density at radius 1 is 0.957 bits per heavy atom. The van der Waals surface area contributed by atoms with E-state index in [-0.39, 0.29) is 0 Å². The van der Waals surface area contributed by atoms with Crippen LogP contribution < -0.4 is 4.74 Å². The Morgan fingerprint density at radius 3 is 2.35 bits per heavy atom. The molecule has 7 nitrogen and oxygen atoms in total. The lowest BCUT2D eigenvalue weighted by molar-refractivity contribution is -0.271. The number of aliphatic hydroxyl groups is 3. The van der Waals surface area contributed by atoms with E-state index in [1.165, 1.54) is 0 Å². The second kappa shape index (κ2) is 6.13. The van der Waals surface area contributed by atoms with Gasteiger partial charge in [-0.2, -0.15) is 0 Å². The molecule has 1 aliphatic rings. The molecule has 0 amide bonds. The van der Waals surface area contributed by atoms with Crippen LogP contribution in [-0.2, 0) is 9.53 Å². The fourth-order valence-corrected chi connectivity index (χ4v) is 2.52. The highest BCUT2D eigenvalue weighted by molar-refractivity contribution is 5.83. The molecule has 0 radical (unpaired) electrons. The molecule has 1 fully saturated rings. The maximum atomic E-state index is 11.1. The molecule has 2 aromatic rings. The molecule has 0 bridgehead atoms. The summed E-state index contributed by atoms with van der Waals surface area (Å²) >= 11 is 0. The van der Waals surface area contributed by atoms with Gasteiger partial charge in [0, 0.05) is 0 Å². The molecule has 7 heteroatoms. The van der Waals surface area contributed by atoms with Crippen molar-refractivity contribution in [3.8, 4) is 5.75 Å². The molecule has 23 heavy (non-hydrogen) atoms. The average molecular weight is 320 g/mol. The van der Waals surface area contributed by atoms with Crippen LogP contribution in [0.1, 0.15) is 0 Å². The van der Waals surface area contributed by atoms with Crippen molar-refractivity contribution >= 4 is 16.7 Å². The second-order valence-corrected chi connectivity index (χ2v) is 5.36. The standard InChI is InChI=1S/C16H16O7/c17-11-12(18)14(15(20)21)23-16(13(11)19)22-10-6-5-8-3-1-2-4-9(8)7-10/h1-7,11-14,16-19H,(H,20,21)/t11-,12-,13+,14-,16+/m0/s1. The number of fused-ring (bicyclic) bond motifs is 1. The summed E-state index contributed by atoms with van der Waals surface area (Å²) in [6.07, 6.45) is -8.09. The summed E-state index contributed by atoms with van der Waals surface area (Å²) in [5.41, 5.74) is 0. The van der Waals surface area contributed by atoms with Gasteiger partial charge in [-0.25, -0.2) is 4.79 Å². The van der Waals surface area contributed by atoms with Gasteiger partial charge in [-0.1, -0.05) is 30.3 Å². The normalized spacial score (nSPS) is 31.0. The van der Waals surface area contributed by atoms with Gasteiger partial charge in [0.25, 0.3) is 0 Å². The molecule has 0 aromatic heterocycles. The van der Waals surface area contributed by atoms with E-state index in [0.29, 0.717) is 5.75 Å². The van der Waals surface area contributed by atoms with Crippen molar-refractivity contribution < 1.29 is 34.7 Å². The quantitative estimate of drug-likeness (QED) is 0.634. The monoisotopic (exact) mass is 320 g/mol. The minimum absolute atomic E-state index is 0.348. The van der Waals surface area contributed by atoms with E-state index in [9.17, 15) is 20.1 Å². The molecule has 1 heterocycles. The van der Waals surface area contributed by atoms with Crippen LogP contribution in [0, 0.1) is 0 Å². The van der Waals surface area contributed by atoms with E-state index in [0.717, 1.165) is 10.8 Å². The Bertz CT molecular complexity index is 716. The largest absolute Gasteiger partial charge is 0.479 e. The zero-order valence-electron chi connectivity index (χ0n) is 11.9. The Balaban J connectivity index is 1.83. The summed E-state index contributed by atoms with van der Waals surface area (Å²) in [7, 11) is 0. The molecule has 4 N–H and O–H groups in total. The van der Waals surface area contributed by atoms with E-state index in [1.54, 1.807) is 18.2 Å². The molecule has 122 valence electrons. The zero-order chi connectivity index (χ0) is 16.6. The van der Waals surface area contributed by atoms with Crippen LogP contribution >= 0.6 is 0 Å². The first-order valence-corrected chi connectivity index (χ1v) is 7.05. The molecular weight excluding hydrogens is 304 g/mol. The smallest absolute Gasteiger partial charge is 0.335 e. The molecule has 0 unspecified atom stereocenters. The van der Waals surface area contributed by atoms with E-state index in [4.69, 9.17) is 14.6 Å². The van der Waals surface area contributed by atoms with Gasteiger partial charge < -0.3 is 29.9 Å². The first kappa shape index (κ1) is 15.7. The van der Waals surface area contributed by atoms with Gasteiger partial charge in [0.05, 0.1) is 0 Å². The maximum Gasteiger partial charge on any atom is 0.335 e. The number of rotatable bonds is 3. The summed E-state index contributed by atoms with van der Waals surface area (Å²) in [5, 5.41) is 40.2. The minimum atomic E-state index is -1.74. The lowest BCUT2D eigenvalue weighted by Gasteiger charge is -2.38. The Labute approximate surface area is 131 Å². The SMILES string of the molecule is O=C(O)[C@H]1O[C@@H](Oc2ccc3ccccc3c2)[C@H](O)[C@@H](O)[C@@H]1O. The summed E-state index contributed by atoms with van der Waals surface area (Å²) in [6, 6.07) is 12.7. The highest BCUT2D eigenvalue weighted by Crippen LogP contribution is 2.26. The highest BCUT2D eigenvalue weighted by atomic mass is 16.7. The third kappa shape index (κ3) is 2.99. The van der Waals surface area contributed by atoms with Crippen LogP contribution in [0.5, 0.6) is 5.75 Å². The fourth-order valence-electron chi connectivity index (χ4n) is 2.52. The summed E-state index contributed by atoms with van der Waals surface area (Å²) in [6.45, 7) is 0. The summed E-state index contributed by atoms with van der Waals surface area (Å²) in [4.78, 5) is 11.1. The van der Waals surface area contributed by atoms with E-state index >= 15 is 0 Å². The predicted molar refractivity (Wildman–Crippen MR) is 78.9 cm³/mol. The molecule has 1 saturated heterocycles. The Kier molecular flexibility index (Phi) is 4.18. The third-order valence-corrected chi connectivity index (χ3v) is 3.79. The Hall–Kier alpha value is -2.19. The van der Waals surface area contributed by atoms with Crippen molar-refractivity contribution in [3.63, 3.8) is 0 Å². The van der Waals surface area contributed by atoms with Gasteiger partial charge in [0.2, 0.25) is 6.29 Å². The van der Waals surface area contributed by atoms with Gasteiger partial charge in [-0.3, -0.25) is 0 Å². The first-order chi connectivity index (χ1) is 11.0. The van der Waals surface area contributed by atoms with Crippen LogP contribution in [0.3, 0.4) is 0 Å². The van der Waals surface area contributed by atoms with Gasteiger partial charge in [0.1, 0.15) is 24.1 Å².